The van der Waals surface area contributed by atoms with Gasteiger partial charge in [0.15, 0.2) is 11.8 Å². The molecule has 0 bridgehead atoms. The number of ether oxygens (including phenoxy) is 1. The van der Waals surface area contributed by atoms with Gasteiger partial charge in [-0.05, 0) is 44.4 Å². The Hall–Kier alpha value is -0.900. The van der Waals surface area contributed by atoms with E-state index in [1.807, 2.05) is 18.5 Å². The quantitative estimate of drug-likeness (QED) is 0.323. The molecular weight excluding hydrogens is 467 g/mol. The summed E-state index contributed by atoms with van der Waals surface area (Å²) >= 11 is 0. The Morgan fingerprint density at radius 2 is 1.93 bits per heavy atom. The first-order valence-electron chi connectivity index (χ1n) is 10.5. The molecule has 1 aromatic heterocycles. The van der Waals surface area contributed by atoms with Crippen molar-refractivity contribution < 1.29 is 4.74 Å². The van der Waals surface area contributed by atoms with Crippen molar-refractivity contribution in [3.63, 3.8) is 0 Å². The maximum absolute atomic E-state index is 5.37. The number of methoxy groups -OCH3 is 1. The highest BCUT2D eigenvalue weighted by Crippen LogP contribution is 2.40. The van der Waals surface area contributed by atoms with Crippen LogP contribution in [0.15, 0.2) is 4.99 Å². The Bertz CT molecular complexity index is 620. The monoisotopic (exact) mass is 504 g/mol. The molecule has 0 radical (unpaired) electrons. The van der Waals surface area contributed by atoms with Crippen LogP contribution in [-0.2, 0) is 18.3 Å². The van der Waals surface area contributed by atoms with Crippen molar-refractivity contribution in [1.82, 2.24) is 25.4 Å². The van der Waals surface area contributed by atoms with E-state index in [9.17, 15) is 0 Å². The van der Waals surface area contributed by atoms with Gasteiger partial charge >= 0.3 is 0 Å². The highest BCUT2D eigenvalue weighted by Gasteiger charge is 2.33. The summed E-state index contributed by atoms with van der Waals surface area (Å²) in [5.74, 6) is 2.74. The van der Waals surface area contributed by atoms with E-state index in [-0.39, 0.29) is 24.0 Å². The van der Waals surface area contributed by atoms with Crippen molar-refractivity contribution in [2.45, 2.75) is 77.3 Å². The lowest BCUT2D eigenvalue weighted by molar-refractivity contribution is 0.138. The van der Waals surface area contributed by atoms with Gasteiger partial charge in [0, 0.05) is 33.4 Å². The van der Waals surface area contributed by atoms with E-state index in [0.29, 0.717) is 18.0 Å². The van der Waals surface area contributed by atoms with Crippen LogP contribution in [0, 0.1) is 12.3 Å². The fraction of sp³-hybridized carbons (Fsp3) is 0.850. The standard InChI is InChI=1S/C20H36N6O.HI/c1-16-24-25-18(26(16)2)14-21-19(23-17-8-4-5-9-17)22-15-20(12-13-27-3)10-6-7-11-20;/h17H,4-15H2,1-3H3,(H2,21,22,23);1H. The second-order valence-corrected chi connectivity index (χ2v) is 8.32. The second kappa shape index (κ2) is 11.3. The normalized spacial score (nSPS) is 19.6. The van der Waals surface area contributed by atoms with Crippen molar-refractivity contribution in [1.29, 1.82) is 0 Å². The Balaban J connectivity index is 0.00000280. The first-order valence-corrected chi connectivity index (χ1v) is 10.5. The van der Waals surface area contributed by atoms with E-state index in [4.69, 9.17) is 9.73 Å². The number of nitrogens with one attached hydrogen (secondary N) is 2. The average molecular weight is 504 g/mol. The number of halogens is 1. The molecule has 1 aromatic rings. The van der Waals surface area contributed by atoms with E-state index >= 15 is 0 Å². The minimum atomic E-state index is 0. The third-order valence-corrected chi connectivity index (χ3v) is 6.39. The molecule has 2 aliphatic rings. The molecule has 2 saturated carbocycles. The highest BCUT2D eigenvalue weighted by molar-refractivity contribution is 14.0. The van der Waals surface area contributed by atoms with Crippen LogP contribution >= 0.6 is 24.0 Å². The summed E-state index contributed by atoms with van der Waals surface area (Å²) in [6.45, 7) is 4.31. The molecule has 2 N–H and O–H groups in total. The summed E-state index contributed by atoms with van der Waals surface area (Å²) in [4.78, 5) is 4.84. The molecule has 7 nitrogen and oxygen atoms in total. The molecule has 0 aromatic carbocycles. The fourth-order valence-electron chi connectivity index (χ4n) is 4.38. The van der Waals surface area contributed by atoms with Gasteiger partial charge in [0.25, 0.3) is 0 Å². The van der Waals surface area contributed by atoms with Gasteiger partial charge in [-0.3, -0.25) is 0 Å². The van der Waals surface area contributed by atoms with Gasteiger partial charge in [0.05, 0.1) is 0 Å². The predicted molar refractivity (Wildman–Crippen MR) is 123 cm³/mol. The summed E-state index contributed by atoms with van der Waals surface area (Å²) in [6, 6.07) is 0.538. The highest BCUT2D eigenvalue weighted by atomic mass is 127. The number of rotatable bonds is 8. The van der Waals surface area contributed by atoms with Gasteiger partial charge < -0.3 is 19.9 Å². The summed E-state index contributed by atoms with van der Waals surface area (Å²) < 4.78 is 7.38. The van der Waals surface area contributed by atoms with Crippen LogP contribution in [0.3, 0.4) is 0 Å². The van der Waals surface area contributed by atoms with Gasteiger partial charge in [0.1, 0.15) is 12.4 Å². The number of hydrogen-bond acceptors (Lipinski definition) is 4. The molecule has 0 unspecified atom stereocenters. The van der Waals surface area contributed by atoms with E-state index in [0.717, 1.165) is 37.2 Å². The van der Waals surface area contributed by atoms with E-state index < -0.39 is 0 Å². The molecular formula is C20H37IN6O. The smallest absolute Gasteiger partial charge is 0.191 e. The van der Waals surface area contributed by atoms with Crippen LogP contribution in [0.5, 0.6) is 0 Å². The van der Waals surface area contributed by atoms with Crippen LogP contribution in [-0.4, -0.2) is 47.0 Å². The van der Waals surface area contributed by atoms with Crippen molar-refractivity contribution in [3.05, 3.63) is 11.6 Å². The van der Waals surface area contributed by atoms with Crippen molar-refractivity contribution in [2.24, 2.45) is 17.5 Å². The Labute approximate surface area is 186 Å². The van der Waals surface area contributed by atoms with Crippen LogP contribution in [0.4, 0.5) is 0 Å². The van der Waals surface area contributed by atoms with E-state index in [2.05, 4.69) is 20.8 Å². The summed E-state index contributed by atoms with van der Waals surface area (Å²) in [5, 5.41) is 15.7. The number of hydrogen-bond donors (Lipinski definition) is 2. The lowest BCUT2D eigenvalue weighted by Crippen LogP contribution is -2.46. The molecule has 0 amide bonds. The van der Waals surface area contributed by atoms with Crippen LogP contribution in [0.25, 0.3) is 0 Å². The molecule has 2 fully saturated rings. The van der Waals surface area contributed by atoms with E-state index in [1.54, 1.807) is 7.11 Å². The summed E-state index contributed by atoms with van der Waals surface area (Å²) in [7, 11) is 3.80. The number of aryl methyl sites for hydroxylation is 1. The molecule has 0 atom stereocenters. The van der Waals surface area contributed by atoms with Crippen LogP contribution in [0.1, 0.15) is 69.4 Å². The molecule has 0 saturated heterocycles. The Morgan fingerprint density at radius 3 is 2.54 bits per heavy atom. The van der Waals surface area contributed by atoms with Crippen molar-refractivity contribution >= 4 is 29.9 Å². The second-order valence-electron chi connectivity index (χ2n) is 8.32. The SMILES string of the molecule is COCCC1(CNC(=NCc2nnc(C)n2C)NC2CCCC2)CCCC1.I. The van der Waals surface area contributed by atoms with Gasteiger partial charge in [-0.2, -0.15) is 0 Å². The zero-order chi connectivity index (χ0) is 19.1. The lowest BCUT2D eigenvalue weighted by atomic mass is 9.83. The number of guanidine groups is 1. The summed E-state index contributed by atoms with van der Waals surface area (Å²) in [6.07, 6.45) is 11.4. The lowest BCUT2D eigenvalue weighted by Gasteiger charge is -2.30. The maximum Gasteiger partial charge on any atom is 0.191 e. The van der Waals surface area contributed by atoms with Gasteiger partial charge in [-0.25, -0.2) is 4.99 Å². The predicted octanol–water partition coefficient (Wildman–Crippen LogP) is 3.32. The zero-order valence-electron chi connectivity index (χ0n) is 17.7. The number of aromatic nitrogens is 3. The molecule has 8 heteroatoms. The Kier molecular flexibility index (Phi) is 9.46. The molecule has 3 rings (SSSR count). The Morgan fingerprint density at radius 1 is 1.21 bits per heavy atom. The average Bonchev–Trinajstić information content (AvgIpc) is 3.41. The number of aliphatic imine (C=N–C) groups is 1. The van der Waals surface area contributed by atoms with E-state index in [1.165, 1.54) is 51.4 Å². The third-order valence-electron chi connectivity index (χ3n) is 6.39. The molecule has 160 valence electrons. The molecule has 1 heterocycles. The molecule has 0 spiro atoms. The van der Waals surface area contributed by atoms with Crippen LogP contribution < -0.4 is 10.6 Å². The first-order chi connectivity index (χ1) is 13.1. The van der Waals surface area contributed by atoms with Gasteiger partial charge in [0.2, 0.25) is 0 Å². The largest absolute Gasteiger partial charge is 0.385 e. The first kappa shape index (κ1) is 23.4. The number of nitrogens with zero attached hydrogens (tertiary/aromatic N) is 4. The zero-order valence-corrected chi connectivity index (χ0v) is 20.0. The third kappa shape index (κ3) is 6.30. The van der Waals surface area contributed by atoms with Gasteiger partial charge in [-0.1, -0.05) is 25.7 Å². The summed E-state index contributed by atoms with van der Waals surface area (Å²) in [5.41, 5.74) is 0.343. The van der Waals surface area contributed by atoms with Crippen molar-refractivity contribution in [3.8, 4) is 0 Å². The topological polar surface area (TPSA) is 76.4 Å². The molecule has 0 aliphatic heterocycles. The van der Waals surface area contributed by atoms with Crippen molar-refractivity contribution in [2.75, 3.05) is 20.3 Å². The van der Waals surface area contributed by atoms with Gasteiger partial charge in [-0.15, -0.1) is 34.2 Å². The minimum absolute atomic E-state index is 0. The minimum Gasteiger partial charge on any atom is -0.385 e. The molecule has 2 aliphatic carbocycles. The van der Waals surface area contributed by atoms with Crippen LogP contribution in [0.2, 0.25) is 0 Å². The molecule has 28 heavy (non-hydrogen) atoms. The maximum atomic E-state index is 5.37. The fourth-order valence-corrected chi connectivity index (χ4v) is 4.38.